The number of nitrogens with two attached hydrogens (primary N) is 1. The highest BCUT2D eigenvalue weighted by molar-refractivity contribution is 5.92. The lowest BCUT2D eigenvalue weighted by Crippen LogP contribution is -2.19. The standard InChI is InChI=1S/C26H39N3O/c1-17-22(13-18-11-9-8-10-12-18)29(28-23(17)24(27)30)21-15-19(25(2,3)4)14-20(16-21)26(5,6)7/h14-16,18H,8-13H2,1-7H3,(H2,27,30). The van der Waals surface area contributed by atoms with E-state index in [-0.39, 0.29) is 10.8 Å². The highest BCUT2D eigenvalue weighted by Crippen LogP contribution is 2.34. The summed E-state index contributed by atoms with van der Waals surface area (Å²) < 4.78 is 2.01. The molecule has 1 heterocycles. The monoisotopic (exact) mass is 409 g/mol. The molecule has 0 bridgehead atoms. The number of hydrogen-bond acceptors (Lipinski definition) is 2. The van der Waals surface area contributed by atoms with Crippen LogP contribution >= 0.6 is 0 Å². The predicted molar refractivity (Wildman–Crippen MR) is 124 cm³/mol. The van der Waals surface area contributed by atoms with Gasteiger partial charge >= 0.3 is 0 Å². The lowest BCUT2D eigenvalue weighted by atomic mass is 9.80. The van der Waals surface area contributed by atoms with Gasteiger partial charge < -0.3 is 5.73 Å². The zero-order valence-electron chi connectivity index (χ0n) is 19.9. The van der Waals surface area contributed by atoms with Crippen molar-refractivity contribution < 1.29 is 4.79 Å². The van der Waals surface area contributed by atoms with E-state index < -0.39 is 5.91 Å². The maximum Gasteiger partial charge on any atom is 0.269 e. The Morgan fingerprint density at radius 2 is 1.53 bits per heavy atom. The molecule has 2 aromatic rings. The van der Waals surface area contributed by atoms with Crippen LogP contribution in [0, 0.1) is 12.8 Å². The number of nitrogens with zero attached hydrogens (tertiary/aromatic N) is 2. The van der Waals surface area contributed by atoms with E-state index in [2.05, 4.69) is 59.7 Å². The molecule has 1 aliphatic carbocycles. The van der Waals surface area contributed by atoms with Crippen molar-refractivity contribution in [2.24, 2.45) is 11.7 Å². The van der Waals surface area contributed by atoms with E-state index in [1.165, 1.54) is 43.2 Å². The Bertz CT molecular complexity index is 887. The van der Waals surface area contributed by atoms with E-state index in [4.69, 9.17) is 10.8 Å². The van der Waals surface area contributed by atoms with E-state index >= 15 is 0 Å². The molecule has 30 heavy (non-hydrogen) atoms. The zero-order valence-corrected chi connectivity index (χ0v) is 19.9. The predicted octanol–water partition coefficient (Wildman–Crippen LogP) is 6.00. The average molecular weight is 410 g/mol. The van der Waals surface area contributed by atoms with E-state index in [1.807, 2.05) is 11.6 Å². The van der Waals surface area contributed by atoms with Gasteiger partial charge in [-0.2, -0.15) is 5.10 Å². The van der Waals surface area contributed by atoms with Crippen molar-refractivity contribution >= 4 is 5.91 Å². The molecule has 1 aromatic heterocycles. The van der Waals surface area contributed by atoms with Gasteiger partial charge in [0.25, 0.3) is 5.91 Å². The van der Waals surface area contributed by atoms with Crippen LogP contribution in [0.4, 0.5) is 0 Å². The first-order valence-electron chi connectivity index (χ1n) is 11.4. The van der Waals surface area contributed by atoms with Gasteiger partial charge in [-0.05, 0) is 53.4 Å². The minimum absolute atomic E-state index is 0.0221. The van der Waals surface area contributed by atoms with Gasteiger partial charge in [-0.25, -0.2) is 4.68 Å². The van der Waals surface area contributed by atoms with E-state index in [0.29, 0.717) is 11.6 Å². The summed E-state index contributed by atoms with van der Waals surface area (Å²) in [6.45, 7) is 15.4. The topological polar surface area (TPSA) is 60.9 Å². The average Bonchev–Trinajstić information content (AvgIpc) is 2.97. The van der Waals surface area contributed by atoms with Crippen molar-refractivity contribution in [3.63, 3.8) is 0 Å². The van der Waals surface area contributed by atoms with Crippen LogP contribution < -0.4 is 5.73 Å². The third-order valence-corrected chi connectivity index (χ3v) is 6.58. The largest absolute Gasteiger partial charge is 0.364 e. The summed E-state index contributed by atoms with van der Waals surface area (Å²) in [6.07, 6.45) is 7.40. The summed E-state index contributed by atoms with van der Waals surface area (Å²) in [5.41, 5.74) is 11.8. The van der Waals surface area contributed by atoms with Crippen LogP contribution in [-0.4, -0.2) is 15.7 Å². The molecule has 0 atom stereocenters. The maximum absolute atomic E-state index is 12.1. The molecule has 1 amide bonds. The molecule has 0 unspecified atom stereocenters. The van der Waals surface area contributed by atoms with Gasteiger partial charge in [-0.3, -0.25) is 4.79 Å². The van der Waals surface area contributed by atoms with Crippen molar-refractivity contribution in [2.45, 2.75) is 97.8 Å². The molecule has 0 spiro atoms. The molecule has 164 valence electrons. The van der Waals surface area contributed by atoms with Crippen LogP contribution in [0.2, 0.25) is 0 Å². The van der Waals surface area contributed by atoms with Crippen molar-refractivity contribution in [3.05, 3.63) is 46.3 Å². The van der Waals surface area contributed by atoms with Gasteiger partial charge in [-0.15, -0.1) is 0 Å². The van der Waals surface area contributed by atoms with Gasteiger partial charge in [0, 0.05) is 11.3 Å². The smallest absolute Gasteiger partial charge is 0.269 e. The van der Waals surface area contributed by atoms with Crippen LogP contribution in [0.15, 0.2) is 18.2 Å². The van der Waals surface area contributed by atoms with Crippen LogP contribution in [0.1, 0.15) is 107 Å². The van der Waals surface area contributed by atoms with Crippen molar-refractivity contribution in [2.75, 3.05) is 0 Å². The molecule has 4 nitrogen and oxygen atoms in total. The molecular formula is C26H39N3O. The second-order valence-electron chi connectivity index (χ2n) is 11.2. The fourth-order valence-electron chi connectivity index (χ4n) is 4.48. The summed E-state index contributed by atoms with van der Waals surface area (Å²) in [6, 6.07) is 6.78. The zero-order chi connectivity index (χ0) is 22.3. The number of primary amides is 1. The van der Waals surface area contributed by atoms with Gasteiger partial charge in [0.05, 0.1) is 5.69 Å². The summed E-state index contributed by atoms with van der Waals surface area (Å²) in [5.74, 6) is 0.209. The molecular weight excluding hydrogens is 370 g/mol. The molecule has 0 saturated heterocycles. The van der Waals surface area contributed by atoms with Crippen molar-refractivity contribution in [1.29, 1.82) is 0 Å². The molecule has 4 heteroatoms. The molecule has 1 fully saturated rings. The minimum Gasteiger partial charge on any atom is -0.364 e. The normalized spacial score (nSPS) is 16.1. The van der Waals surface area contributed by atoms with E-state index in [9.17, 15) is 4.79 Å². The number of carbonyl (C=O) groups is 1. The third kappa shape index (κ3) is 4.79. The molecule has 1 aromatic carbocycles. The third-order valence-electron chi connectivity index (χ3n) is 6.58. The van der Waals surface area contributed by atoms with Crippen LogP contribution in [0.3, 0.4) is 0 Å². The number of benzene rings is 1. The number of carbonyl (C=O) groups excluding carboxylic acids is 1. The molecule has 1 saturated carbocycles. The van der Waals surface area contributed by atoms with E-state index in [1.54, 1.807) is 0 Å². The number of hydrogen-bond donors (Lipinski definition) is 1. The highest BCUT2D eigenvalue weighted by atomic mass is 16.1. The van der Waals surface area contributed by atoms with E-state index in [0.717, 1.165) is 23.4 Å². The number of amides is 1. The Kier molecular flexibility index (Phi) is 6.18. The fraction of sp³-hybridized carbons (Fsp3) is 0.615. The molecule has 0 aliphatic heterocycles. The lowest BCUT2D eigenvalue weighted by molar-refractivity contribution is 0.0994. The van der Waals surface area contributed by atoms with Gasteiger partial charge in [-0.1, -0.05) is 79.7 Å². The van der Waals surface area contributed by atoms with Crippen LogP contribution in [-0.2, 0) is 17.3 Å². The van der Waals surface area contributed by atoms with Crippen molar-refractivity contribution in [1.82, 2.24) is 9.78 Å². The molecule has 2 N–H and O–H groups in total. The first-order valence-corrected chi connectivity index (χ1v) is 11.4. The molecule has 1 aliphatic rings. The molecule has 0 radical (unpaired) electrons. The minimum atomic E-state index is -0.445. The van der Waals surface area contributed by atoms with Crippen LogP contribution in [0.25, 0.3) is 5.69 Å². The fourth-order valence-corrected chi connectivity index (χ4v) is 4.48. The van der Waals surface area contributed by atoms with Crippen molar-refractivity contribution in [3.8, 4) is 5.69 Å². The Hall–Kier alpha value is -2.10. The first-order chi connectivity index (χ1) is 13.9. The Balaban J connectivity index is 2.18. The number of rotatable bonds is 4. The Morgan fingerprint density at radius 3 is 2.00 bits per heavy atom. The SMILES string of the molecule is Cc1c(C(N)=O)nn(-c2cc(C(C)(C)C)cc(C(C)(C)C)c2)c1CC1CCCCC1. The summed E-state index contributed by atoms with van der Waals surface area (Å²) in [4.78, 5) is 12.1. The highest BCUT2D eigenvalue weighted by Gasteiger charge is 2.26. The Labute approximate surface area is 182 Å². The van der Waals surface area contributed by atoms with Crippen LogP contribution in [0.5, 0.6) is 0 Å². The first kappa shape index (κ1) is 22.6. The van der Waals surface area contributed by atoms with Gasteiger partial charge in [0.15, 0.2) is 5.69 Å². The van der Waals surface area contributed by atoms with Gasteiger partial charge in [0.2, 0.25) is 0 Å². The quantitative estimate of drug-likeness (QED) is 0.673. The summed E-state index contributed by atoms with van der Waals surface area (Å²) in [5, 5.41) is 4.73. The lowest BCUT2D eigenvalue weighted by Gasteiger charge is -2.27. The second kappa shape index (κ2) is 8.20. The Morgan fingerprint density at radius 1 is 1.00 bits per heavy atom. The maximum atomic E-state index is 12.1. The number of aromatic nitrogens is 2. The molecule has 3 rings (SSSR count). The van der Waals surface area contributed by atoms with Gasteiger partial charge in [0.1, 0.15) is 0 Å². The second-order valence-corrected chi connectivity index (χ2v) is 11.2. The summed E-state index contributed by atoms with van der Waals surface area (Å²) in [7, 11) is 0. The summed E-state index contributed by atoms with van der Waals surface area (Å²) >= 11 is 0.